The molecule has 2 amide bonds. The van der Waals surface area contributed by atoms with Gasteiger partial charge in [0.25, 0.3) is 0 Å². The van der Waals surface area contributed by atoms with Gasteiger partial charge in [-0.25, -0.2) is 0 Å². The van der Waals surface area contributed by atoms with E-state index in [1.54, 1.807) is 29.4 Å². The van der Waals surface area contributed by atoms with Gasteiger partial charge in [-0.2, -0.15) is 0 Å². The third-order valence-corrected chi connectivity index (χ3v) is 5.19. The summed E-state index contributed by atoms with van der Waals surface area (Å²) < 4.78 is 0. The Morgan fingerprint density at radius 2 is 1.86 bits per heavy atom. The molecular weight excluding hydrogens is 362 g/mol. The lowest BCUT2D eigenvalue weighted by molar-refractivity contribution is -0.130. The molecule has 3 aromatic rings. The van der Waals surface area contributed by atoms with Gasteiger partial charge in [0.15, 0.2) is 0 Å². The van der Waals surface area contributed by atoms with Gasteiger partial charge in [-0.05, 0) is 40.1 Å². The maximum absolute atomic E-state index is 12.6. The maximum Gasteiger partial charge on any atom is 0.246 e. The summed E-state index contributed by atoms with van der Waals surface area (Å²) in [6.45, 7) is 2.09. The number of amides is 2. The number of fused-ring (bicyclic) bond motifs is 1. The number of hydrogen-bond acceptors (Lipinski definition) is 3. The molecule has 0 bridgehead atoms. The first-order chi connectivity index (χ1) is 14.2. The molecule has 0 spiro atoms. The highest BCUT2D eigenvalue weighted by molar-refractivity contribution is 5.92. The number of carbonyl (C=O) groups is 2. The molecule has 0 saturated carbocycles. The number of pyridine rings is 1. The van der Waals surface area contributed by atoms with Crippen LogP contribution < -0.4 is 0 Å². The van der Waals surface area contributed by atoms with E-state index in [0.29, 0.717) is 32.6 Å². The molecule has 1 aliphatic heterocycles. The Labute approximate surface area is 170 Å². The Hall–Kier alpha value is -3.47. The van der Waals surface area contributed by atoms with E-state index < -0.39 is 0 Å². The Morgan fingerprint density at radius 3 is 2.69 bits per heavy atom. The van der Waals surface area contributed by atoms with Crippen LogP contribution in [0, 0.1) is 0 Å². The Morgan fingerprint density at radius 1 is 1.00 bits per heavy atom. The highest BCUT2D eigenvalue weighted by atomic mass is 16.2. The Balaban J connectivity index is 1.40. The molecule has 0 unspecified atom stereocenters. The molecular formula is C24H23N3O2. The van der Waals surface area contributed by atoms with Crippen LogP contribution in [-0.2, 0) is 16.1 Å². The smallest absolute Gasteiger partial charge is 0.246 e. The molecule has 5 heteroatoms. The van der Waals surface area contributed by atoms with Crippen LogP contribution in [0.3, 0.4) is 0 Å². The van der Waals surface area contributed by atoms with E-state index in [1.165, 1.54) is 10.8 Å². The standard InChI is InChI=1S/C24H23N3O2/c28-23(10-8-19-4-3-12-25-17-19)26-13-11-24(29)27(15-14-26)18-20-7-9-21-5-1-2-6-22(21)16-20/h1-10,12,16-17H,11,13-15,18H2. The summed E-state index contributed by atoms with van der Waals surface area (Å²) in [7, 11) is 0. The monoisotopic (exact) mass is 385 g/mol. The van der Waals surface area contributed by atoms with Crippen molar-refractivity contribution in [1.82, 2.24) is 14.8 Å². The number of benzene rings is 2. The predicted molar refractivity (Wildman–Crippen MR) is 114 cm³/mol. The largest absolute Gasteiger partial charge is 0.337 e. The molecule has 1 saturated heterocycles. The van der Waals surface area contributed by atoms with Crippen LogP contribution in [0.5, 0.6) is 0 Å². The van der Waals surface area contributed by atoms with Gasteiger partial charge in [0.2, 0.25) is 11.8 Å². The van der Waals surface area contributed by atoms with Crippen LogP contribution in [-0.4, -0.2) is 46.2 Å². The quantitative estimate of drug-likeness (QED) is 0.646. The Kier molecular flexibility index (Phi) is 5.66. The zero-order chi connectivity index (χ0) is 20.1. The van der Waals surface area contributed by atoms with E-state index in [9.17, 15) is 9.59 Å². The fourth-order valence-electron chi connectivity index (χ4n) is 3.56. The van der Waals surface area contributed by atoms with Crippen molar-refractivity contribution < 1.29 is 9.59 Å². The zero-order valence-electron chi connectivity index (χ0n) is 16.2. The van der Waals surface area contributed by atoms with Gasteiger partial charge >= 0.3 is 0 Å². The molecule has 29 heavy (non-hydrogen) atoms. The van der Waals surface area contributed by atoms with Gasteiger partial charge in [0.1, 0.15) is 0 Å². The molecule has 2 aromatic carbocycles. The highest BCUT2D eigenvalue weighted by Gasteiger charge is 2.22. The van der Waals surface area contributed by atoms with Gasteiger partial charge in [0.05, 0.1) is 0 Å². The predicted octanol–water partition coefficient (Wildman–Crippen LogP) is 3.51. The normalized spacial score (nSPS) is 15.1. The van der Waals surface area contributed by atoms with E-state index >= 15 is 0 Å². The third-order valence-electron chi connectivity index (χ3n) is 5.19. The van der Waals surface area contributed by atoms with Crippen LogP contribution in [0.25, 0.3) is 16.8 Å². The second-order valence-electron chi connectivity index (χ2n) is 7.19. The van der Waals surface area contributed by atoms with Crippen LogP contribution >= 0.6 is 0 Å². The lowest BCUT2D eigenvalue weighted by Gasteiger charge is -2.22. The second-order valence-corrected chi connectivity index (χ2v) is 7.19. The summed E-state index contributed by atoms with van der Waals surface area (Å²) in [5.41, 5.74) is 1.98. The molecule has 146 valence electrons. The summed E-state index contributed by atoms with van der Waals surface area (Å²) in [6.07, 6.45) is 7.07. The molecule has 0 radical (unpaired) electrons. The van der Waals surface area contributed by atoms with Gasteiger partial charge in [-0.3, -0.25) is 14.6 Å². The van der Waals surface area contributed by atoms with Crippen LogP contribution in [0.15, 0.2) is 73.1 Å². The minimum absolute atomic E-state index is 0.0748. The van der Waals surface area contributed by atoms with Crippen molar-refractivity contribution in [2.24, 2.45) is 0 Å². The van der Waals surface area contributed by atoms with E-state index in [-0.39, 0.29) is 11.8 Å². The molecule has 1 aromatic heterocycles. The van der Waals surface area contributed by atoms with Gasteiger partial charge in [0, 0.05) is 51.1 Å². The lowest BCUT2D eigenvalue weighted by Crippen LogP contribution is -2.34. The molecule has 0 aliphatic carbocycles. The average Bonchev–Trinajstić information content (AvgIpc) is 2.94. The summed E-state index contributed by atoms with van der Waals surface area (Å²) >= 11 is 0. The summed E-state index contributed by atoms with van der Waals surface area (Å²) in [5, 5.41) is 2.36. The lowest BCUT2D eigenvalue weighted by atomic mass is 10.1. The summed E-state index contributed by atoms with van der Waals surface area (Å²) in [5.74, 6) is 0.0129. The minimum atomic E-state index is -0.0748. The first kappa shape index (κ1) is 18.9. The zero-order valence-corrected chi connectivity index (χ0v) is 16.2. The van der Waals surface area contributed by atoms with E-state index in [2.05, 4.69) is 35.3 Å². The van der Waals surface area contributed by atoms with Crippen molar-refractivity contribution in [3.05, 3.63) is 84.2 Å². The second kappa shape index (κ2) is 8.69. The fourth-order valence-corrected chi connectivity index (χ4v) is 3.56. The number of carbonyl (C=O) groups excluding carboxylic acids is 2. The molecule has 0 N–H and O–H groups in total. The molecule has 1 fully saturated rings. The van der Waals surface area contributed by atoms with Crippen molar-refractivity contribution in [1.29, 1.82) is 0 Å². The van der Waals surface area contributed by atoms with Crippen molar-refractivity contribution >= 4 is 28.7 Å². The van der Waals surface area contributed by atoms with Crippen molar-refractivity contribution in [3.8, 4) is 0 Å². The van der Waals surface area contributed by atoms with Crippen molar-refractivity contribution in [2.75, 3.05) is 19.6 Å². The highest BCUT2D eigenvalue weighted by Crippen LogP contribution is 2.18. The van der Waals surface area contributed by atoms with Gasteiger partial charge < -0.3 is 9.80 Å². The molecule has 4 rings (SSSR count). The molecule has 5 nitrogen and oxygen atoms in total. The van der Waals surface area contributed by atoms with Gasteiger partial charge in [-0.1, -0.05) is 42.5 Å². The molecule has 2 heterocycles. The number of rotatable bonds is 4. The van der Waals surface area contributed by atoms with E-state index in [4.69, 9.17) is 0 Å². The number of aromatic nitrogens is 1. The summed E-state index contributed by atoms with van der Waals surface area (Å²) in [6, 6.07) is 18.2. The van der Waals surface area contributed by atoms with Crippen LogP contribution in [0.1, 0.15) is 17.5 Å². The third kappa shape index (κ3) is 4.69. The first-order valence-electron chi connectivity index (χ1n) is 9.81. The Bertz CT molecular complexity index is 1050. The van der Waals surface area contributed by atoms with Gasteiger partial charge in [-0.15, -0.1) is 0 Å². The van der Waals surface area contributed by atoms with E-state index in [0.717, 1.165) is 11.1 Å². The topological polar surface area (TPSA) is 53.5 Å². The average molecular weight is 385 g/mol. The first-order valence-corrected chi connectivity index (χ1v) is 9.81. The number of hydrogen-bond donors (Lipinski definition) is 0. The van der Waals surface area contributed by atoms with Crippen LogP contribution in [0.4, 0.5) is 0 Å². The van der Waals surface area contributed by atoms with Crippen LogP contribution in [0.2, 0.25) is 0 Å². The fraction of sp³-hybridized carbons (Fsp3) is 0.208. The van der Waals surface area contributed by atoms with Crippen molar-refractivity contribution in [3.63, 3.8) is 0 Å². The molecule has 0 atom stereocenters. The maximum atomic E-state index is 12.6. The minimum Gasteiger partial charge on any atom is -0.337 e. The van der Waals surface area contributed by atoms with Crippen molar-refractivity contribution in [2.45, 2.75) is 13.0 Å². The number of nitrogens with zero attached hydrogens (tertiary/aromatic N) is 3. The molecule has 1 aliphatic rings. The SMILES string of the molecule is O=C(C=Cc1cccnc1)N1CCC(=O)N(Cc2ccc3ccccc3c2)CC1. The summed E-state index contributed by atoms with van der Waals surface area (Å²) in [4.78, 5) is 32.8. The van der Waals surface area contributed by atoms with E-state index in [1.807, 2.05) is 29.2 Å².